The van der Waals surface area contributed by atoms with E-state index in [2.05, 4.69) is 52.7 Å². The first kappa shape index (κ1) is 11.5. The fourth-order valence-corrected chi connectivity index (χ4v) is 2.26. The molecule has 1 saturated heterocycles. The van der Waals surface area contributed by atoms with Crippen molar-refractivity contribution >= 4 is 16.5 Å². The second kappa shape index (κ2) is 5.38. The fourth-order valence-electron chi connectivity index (χ4n) is 2.26. The summed E-state index contributed by atoms with van der Waals surface area (Å²) in [6, 6.07) is 14.9. The molecule has 3 nitrogen and oxygen atoms in total. The summed E-state index contributed by atoms with van der Waals surface area (Å²) < 4.78 is 5.34. The lowest BCUT2D eigenvalue weighted by molar-refractivity contribution is 0.0414. The summed E-state index contributed by atoms with van der Waals surface area (Å²) in [5, 5.41) is 6.05. The van der Waals surface area contributed by atoms with Gasteiger partial charge in [0, 0.05) is 18.8 Å². The quantitative estimate of drug-likeness (QED) is 0.895. The van der Waals surface area contributed by atoms with Crippen molar-refractivity contribution in [1.29, 1.82) is 0 Å². The smallest absolute Gasteiger partial charge is 0.0679 e. The van der Waals surface area contributed by atoms with Crippen LogP contribution in [-0.4, -0.2) is 37.9 Å². The van der Waals surface area contributed by atoms with E-state index in [1.54, 1.807) is 0 Å². The average molecular weight is 242 g/mol. The second-order valence-corrected chi connectivity index (χ2v) is 4.63. The van der Waals surface area contributed by atoms with Gasteiger partial charge in [0.25, 0.3) is 0 Å². The number of rotatable bonds is 3. The molecule has 3 heteroatoms. The van der Waals surface area contributed by atoms with Gasteiger partial charge in [-0.05, 0) is 22.9 Å². The molecule has 0 aliphatic carbocycles. The average Bonchev–Trinajstić information content (AvgIpc) is 2.46. The standard InChI is InChI=1S/C15H18N2O/c1-2-4-14-11-15(6-5-13(14)3-1)16-12-17-7-9-18-10-8-17/h1-6,11,16H,7-10,12H2. The summed E-state index contributed by atoms with van der Waals surface area (Å²) >= 11 is 0. The molecule has 2 aromatic carbocycles. The van der Waals surface area contributed by atoms with E-state index in [0.29, 0.717) is 0 Å². The maximum Gasteiger partial charge on any atom is 0.0679 e. The Labute approximate surface area is 107 Å². The van der Waals surface area contributed by atoms with Gasteiger partial charge in [-0.3, -0.25) is 4.90 Å². The SMILES string of the molecule is c1ccc2cc(NCN3CCOCC3)ccc2c1. The Kier molecular flexibility index (Phi) is 3.44. The van der Waals surface area contributed by atoms with E-state index in [0.717, 1.165) is 33.0 Å². The first-order chi connectivity index (χ1) is 8.92. The van der Waals surface area contributed by atoms with Crippen LogP contribution in [0.15, 0.2) is 42.5 Å². The van der Waals surface area contributed by atoms with Crippen LogP contribution >= 0.6 is 0 Å². The third kappa shape index (κ3) is 2.63. The van der Waals surface area contributed by atoms with Gasteiger partial charge in [-0.15, -0.1) is 0 Å². The van der Waals surface area contributed by atoms with E-state index >= 15 is 0 Å². The lowest BCUT2D eigenvalue weighted by atomic mass is 10.1. The van der Waals surface area contributed by atoms with Gasteiger partial charge >= 0.3 is 0 Å². The Morgan fingerprint density at radius 1 is 1.00 bits per heavy atom. The molecular formula is C15H18N2O. The van der Waals surface area contributed by atoms with Crippen molar-refractivity contribution in [2.45, 2.75) is 0 Å². The first-order valence-electron chi connectivity index (χ1n) is 6.44. The lowest BCUT2D eigenvalue weighted by Gasteiger charge is -2.27. The Balaban J connectivity index is 1.66. The topological polar surface area (TPSA) is 24.5 Å². The third-order valence-electron chi connectivity index (χ3n) is 3.36. The number of benzene rings is 2. The number of hydrogen-bond donors (Lipinski definition) is 1. The van der Waals surface area contributed by atoms with Gasteiger partial charge in [0.2, 0.25) is 0 Å². The molecule has 2 aromatic rings. The predicted octanol–water partition coefficient (Wildman–Crippen LogP) is 2.54. The first-order valence-corrected chi connectivity index (χ1v) is 6.44. The zero-order chi connectivity index (χ0) is 12.2. The number of hydrogen-bond acceptors (Lipinski definition) is 3. The maximum absolute atomic E-state index is 5.34. The van der Waals surface area contributed by atoms with Crippen LogP contribution in [0.1, 0.15) is 0 Å². The van der Waals surface area contributed by atoms with Crippen LogP contribution in [0, 0.1) is 0 Å². The number of ether oxygens (including phenoxy) is 1. The van der Waals surface area contributed by atoms with Crippen molar-refractivity contribution in [1.82, 2.24) is 4.90 Å². The molecule has 0 aromatic heterocycles. The van der Waals surface area contributed by atoms with Gasteiger partial charge in [-0.2, -0.15) is 0 Å². The largest absolute Gasteiger partial charge is 0.379 e. The molecule has 3 rings (SSSR count). The number of morpholine rings is 1. The Bertz CT molecular complexity index is 521. The van der Waals surface area contributed by atoms with Crippen LogP contribution in [0.2, 0.25) is 0 Å². The van der Waals surface area contributed by atoms with Crippen LogP contribution in [0.5, 0.6) is 0 Å². The minimum Gasteiger partial charge on any atom is -0.379 e. The van der Waals surface area contributed by atoms with Crippen LogP contribution in [-0.2, 0) is 4.74 Å². The molecule has 0 saturated carbocycles. The van der Waals surface area contributed by atoms with Crippen molar-refractivity contribution in [2.24, 2.45) is 0 Å². The van der Waals surface area contributed by atoms with Crippen molar-refractivity contribution < 1.29 is 4.74 Å². The minimum absolute atomic E-state index is 0.847. The van der Waals surface area contributed by atoms with E-state index in [9.17, 15) is 0 Å². The number of nitrogens with one attached hydrogen (secondary N) is 1. The van der Waals surface area contributed by atoms with E-state index < -0.39 is 0 Å². The summed E-state index contributed by atoms with van der Waals surface area (Å²) in [7, 11) is 0. The highest BCUT2D eigenvalue weighted by Crippen LogP contribution is 2.18. The molecule has 1 heterocycles. The molecule has 18 heavy (non-hydrogen) atoms. The monoisotopic (exact) mass is 242 g/mol. The van der Waals surface area contributed by atoms with Gasteiger partial charge in [-0.1, -0.05) is 30.3 Å². The van der Waals surface area contributed by atoms with E-state index in [-0.39, 0.29) is 0 Å². The molecule has 0 amide bonds. The summed E-state index contributed by atoms with van der Waals surface area (Å²) in [5.41, 5.74) is 1.18. The Morgan fingerprint density at radius 3 is 2.61 bits per heavy atom. The molecule has 1 fully saturated rings. The third-order valence-corrected chi connectivity index (χ3v) is 3.36. The summed E-state index contributed by atoms with van der Waals surface area (Å²) in [5.74, 6) is 0. The Morgan fingerprint density at radius 2 is 1.78 bits per heavy atom. The molecule has 1 aliphatic heterocycles. The highest BCUT2D eigenvalue weighted by atomic mass is 16.5. The summed E-state index contributed by atoms with van der Waals surface area (Å²) in [6.07, 6.45) is 0. The highest BCUT2D eigenvalue weighted by Gasteiger charge is 2.09. The van der Waals surface area contributed by atoms with Gasteiger partial charge in [-0.25, -0.2) is 0 Å². The molecule has 0 spiro atoms. The van der Waals surface area contributed by atoms with Gasteiger partial charge in [0.1, 0.15) is 0 Å². The molecule has 0 bridgehead atoms. The van der Waals surface area contributed by atoms with Crippen molar-refractivity contribution in [2.75, 3.05) is 38.3 Å². The minimum atomic E-state index is 0.847. The van der Waals surface area contributed by atoms with E-state index in [1.807, 2.05) is 0 Å². The molecule has 0 unspecified atom stereocenters. The molecule has 0 atom stereocenters. The summed E-state index contributed by atoms with van der Waals surface area (Å²) in [4.78, 5) is 2.37. The van der Waals surface area contributed by atoms with Crippen molar-refractivity contribution in [3.8, 4) is 0 Å². The van der Waals surface area contributed by atoms with E-state index in [4.69, 9.17) is 4.74 Å². The second-order valence-electron chi connectivity index (χ2n) is 4.63. The van der Waals surface area contributed by atoms with Crippen LogP contribution in [0.3, 0.4) is 0 Å². The normalized spacial score (nSPS) is 16.9. The van der Waals surface area contributed by atoms with Crippen LogP contribution < -0.4 is 5.32 Å². The number of nitrogens with zero attached hydrogens (tertiary/aromatic N) is 1. The molecular weight excluding hydrogens is 224 g/mol. The maximum atomic E-state index is 5.34. The predicted molar refractivity (Wildman–Crippen MR) is 74.8 cm³/mol. The van der Waals surface area contributed by atoms with Crippen LogP contribution in [0.4, 0.5) is 5.69 Å². The van der Waals surface area contributed by atoms with Gasteiger partial charge < -0.3 is 10.1 Å². The fraction of sp³-hybridized carbons (Fsp3) is 0.333. The molecule has 0 radical (unpaired) electrons. The molecule has 94 valence electrons. The lowest BCUT2D eigenvalue weighted by Crippen LogP contribution is -2.39. The molecule has 1 N–H and O–H groups in total. The number of anilines is 1. The van der Waals surface area contributed by atoms with E-state index in [1.165, 1.54) is 16.5 Å². The van der Waals surface area contributed by atoms with Gasteiger partial charge in [0.15, 0.2) is 0 Å². The zero-order valence-corrected chi connectivity index (χ0v) is 10.4. The zero-order valence-electron chi connectivity index (χ0n) is 10.4. The van der Waals surface area contributed by atoms with Crippen molar-refractivity contribution in [3.63, 3.8) is 0 Å². The highest BCUT2D eigenvalue weighted by molar-refractivity contribution is 5.85. The van der Waals surface area contributed by atoms with Crippen LogP contribution in [0.25, 0.3) is 10.8 Å². The molecule has 1 aliphatic rings. The number of fused-ring (bicyclic) bond motifs is 1. The van der Waals surface area contributed by atoms with Gasteiger partial charge in [0.05, 0.1) is 19.9 Å². The Hall–Kier alpha value is -1.58. The summed E-state index contributed by atoms with van der Waals surface area (Å²) in [6.45, 7) is 4.61. The van der Waals surface area contributed by atoms with Crippen molar-refractivity contribution in [3.05, 3.63) is 42.5 Å².